The van der Waals surface area contributed by atoms with Crippen molar-refractivity contribution in [3.63, 3.8) is 0 Å². The number of nitrogens with one attached hydrogen (secondary N) is 1. The van der Waals surface area contributed by atoms with E-state index in [1.165, 1.54) is 48.8 Å². The number of thiophene rings is 1. The minimum absolute atomic E-state index is 0.190. The zero-order valence-electron chi connectivity index (χ0n) is 19.0. The topological polar surface area (TPSA) is 50.4 Å². The molecule has 166 valence electrons. The highest BCUT2D eigenvalue weighted by molar-refractivity contribution is 7.26. The predicted molar refractivity (Wildman–Crippen MR) is 144 cm³/mol. The molecule has 2 aliphatic carbocycles. The van der Waals surface area contributed by atoms with Crippen LogP contribution in [0.3, 0.4) is 0 Å². The fraction of sp³-hybridized carbons (Fsp3) is 0.167. The number of nitrogens with two attached hydrogens (primary N) is 1. The Morgan fingerprint density at radius 3 is 2.56 bits per heavy atom. The van der Waals surface area contributed by atoms with Gasteiger partial charge in [-0.05, 0) is 65.3 Å². The molecule has 3 nitrogen and oxygen atoms in total. The summed E-state index contributed by atoms with van der Waals surface area (Å²) in [5, 5.41) is 5.90. The van der Waals surface area contributed by atoms with Crippen LogP contribution in [0.4, 0.5) is 0 Å². The van der Waals surface area contributed by atoms with Crippen molar-refractivity contribution < 1.29 is 0 Å². The summed E-state index contributed by atoms with van der Waals surface area (Å²) in [5.74, 6) is 1.88. The van der Waals surface area contributed by atoms with Gasteiger partial charge in [0.2, 0.25) is 0 Å². The van der Waals surface area contributed by atoms with E-state index in [0.717, 1.165) is 11.1 Å². The van der Waals surface area contributed by atoms with Gasteiger partial charge in [0.15, 0.2) is 0 Å². The molecule has 1 heterocycles. The first-order valence-electron chi connectivity index (χ1n) is 11.9. The van der Waals surface area contributed by atoms with Crippen molar-refractivity contribution >= 4 is 37.3 Å². The highest BCUT2D eigenvalue weighted by Gasteiger charge is 2.45. The van der Waals surface area contributed by atoms with Crippen LogP contribution in [0.25, 0.3) is 31.3 Å². The number of rotatable bonds is 4. The Labute approximate surface area is 203 Å². The van der Waals surface area contributed by atoms with Crippen LogP contribution in [0.15, 0.2) is 89.9 Å². The maximum absolute atomic E-state index is 6.65. The Balaban J connectivity index is 1.29. The monoisotopic (exact) mass is 459 g/mol. The molecule has 7 rings (SSSR count). The molecule has 4 aromatic carbocycles. The molecule has 4 heteroatoms. The Bertz CT molecular complexity index is 1610. The second-order valence-corrected chi connectivity index (χ2v) is 10.4. The Kier molecular flexibility index (Phi) is 4.41. The molecule has 0 aliphatic heterocycles. The smallest absolute Gasteiger partial charge is 0.129 e. The zero-order chi connectivity index (χ0) is 22.8. The van der Waals surface area contributed by atoms with Gasteiger partial charge in [-0.15, -0.1) is 11.3 Å². The third-order valence-corrected chi connectivity index (χ3v) is 8.67. The lowest BCUT2D eigenvalue weighted by molar-refractivity contribution is 0.624. The molecular weight excluding hydrogens is 434 g/mol. The summed E-state index contributed by atoms with van der Waals surface area (Å²) in [6.07, 6.45) is 1.06. The van der Waals surface area contributed by atoms with Gasteiger partial charge in [0.25, 0.3) is 0 Å². The van der Waals surface area contributed by atoms with Crippen LogP contribution in [0, 0.1) is 0 Å². The Hall–Kier alpha value is -3.47. The number of hydrogen-bond acceptors (Lipinski definition) is 3. The molecule has 2 aliphatic rings. The van der Waals surface area contributed by atoms with Gasteiger partial charge >= 0.3 is 0 Å². The molecule has 0 radical (unpaired) electrons. The van der Waals surface area contributed by atoms with Gasteiger partial charge in [-0.3, -0.25) is 5.32 Å². The maximum Gasteiger partial charge on any atom is 0.129 e. The fourth-order valence-electron chi connectivity index (χ4n) is 5.71. The van der Waals surface area contributed by atoms with E-state index in [0.29, 0.717) is 17.7 Å². The number of aliphatic imine (C=N–C) groups is 1. The molecule has 5 aromatic rings. The van der Waals surface area contributed by atoms with E-state index in [-0.39, 0.29) is 6.17 Å². The SMILES string of the molecule is CNC(N=C(N)c1cccc2c1sc1ccccc12)c1ccc2c(c1)C1CC1c1ccccc1-2. The van der Waals surface area contributed by atoms with Crippen molar-refractivity contribution in [2.45, 2.75) is 24.4 Å². The first-order chi connectivity index (χ1) is 16.7. The number of amidine groups is 1. The minimum Gasteiger partial charge on any atom is -0.383 e. The summed E-state index contributed by atoms with van der Waals surface area (Å²) in [6.45, 7) is 0. The zero-order valence-corrected chi connectivity index (χ0v) is 19.8. The van der Waals surface area contributed by atoms with E-state index in [2.05, 4.69) is 90.2 Å². The lowest BCUT2D eigenvalue weighted by Gasteiger charge is -2.22. The highest BCUT2D eigenvalue weighted by Crippen LogP contribution is 2.62. The van der Waals surface area contributed by atoms with Crippen molar-refractivity contribution in [3.05, 3.63) is 107 Å². The van der Waals surface area contributed by atoms with E-state index < -0.39 is 0 Å². The number of nitrogens with zero attached hydrogens (tertiary/aromatic N) is 1. The molecule has 3 unspecified atom stereocenters. The molecule has 1 aromatic heterocycles. The lowest BCUT2D eigenvalue weighted by Crippen LogP contribution is -2.21. The van der Waals surface area contributed by atoms with Gasteiger partial charge in [-0.25, -0.2) is 4.99 Å². The van der Waals surface area contributed by atoms with Gasteiger partial charge in [0.05, 0.1) is 0 Å². The summed E-state index contributed by atoms with van der Waals surface area (Å²) >= 11 is 1.78. The highest BCUT2D eigenvalue weighted by atomic mass is 32.1. The Morgan fingerprint density at radius 1 is 0.882 bits per heavy atom. The molecule has 3 atom stereocenters. The standard InChI is InChI=1S/C30H25N3S/c1-32-30(17-13-14-20-18-7-2-3-8-19(18)25-16-26(25)24(20)15-17)33-29(31)23-11-6-10-22-21-9-4-5-12-27(21)34-28(22)23/h2-15,25-26,30,32H,16H2,1H3,(H2,31,33). The van der Waals surface area contributed by atoms with E-state index in [1.54, 1.807) is 11.3 Å². The van der Waals surface area contributed by atoms with Gasteiger partial charge < -0.3 is 5.73 Å². The van der Waals surface area contributed by atoms with E-state index in [4.69, 9.17) is 10.7 Å². The molecule has 3 N–H and O–H groups in total. The minimum atomic E-state index is -0.190. The van der Waals surface area contributed by atoms with Crippen LogP contribution >= 0.6 is 11.3 Å². The van der Waals surface area contributed by atoms with Crippen LogP contribution < -0.4 is 11.1 Å². The van der Waals surface area contributed by atoms with Crippen molar-refractivity contribution in [1.29, 1.82) is 0 Å². The molecular formula is C30H25N3S. The van der Waals surface area contributed by atoms with Gasteiger partial charge in [-0.2, -0.15) is 0 Å². The van der Waals surface area contributed by atoms with Crippen molar-refractivity contribution in [3.8, 4) is 11.1 Å². The molecule has 0 spiro atoms. The molecule has 1 saturated carbocycles. The third-order valence-electron chi connectivity index (χ3n) is 7.45. The van der Waals surface area contributed by atoms with Crippen molar-refractivity contribution in [1.82, 2.24) is 5.32 Å². The quantitative estimate of drug-likeness (QED) is 0.226. The molecule has 0 bridgehead atoms. The molecule has 0 amide bonds. The normalized spacial score (nSPS) is 19.5. The van der Waals surface area contributed by atoms with Crippen LogP contribution in [0.5, 0.6) is 0 Å². The molecule has 1 fully saturated rings. The van der Waals surface area contributed by atoms with Gasteiger partial charge in [-0.1, -0.05) is 72.8 Å². The second kappa shape index (κ2) is 7.52. The van der Waals surface area contributed by atoms with Crippen LogP contribution in [-0.2, 0) is 0 Å². The van der Waals surface area contributed by atoms with E-state index in [9.17, 15) is 0 Å². The third kappa shape index (κ3) is 2.96. The van der Waals surface area contributed by atoms with Gasteiger partial charge in [0.1, 0.15) is 12.0 Å². The summed E-state index contributed by atoms with van der Waals surface area (Å²) in [6, 6.07) is 30.6. The number of fused-ring (bicyclic) bond motifs is 9. The number of benzene rings is 4. The largest absolute Gasteiger partial charge is 0.383 e. The van der Waals surface area contributed by atoms with E-state index >= 15 is 0 Å². The van der Waals surface area contributed by atoms with Crippen LogP contribution in [0.2, 0.25) is 0 Å². The van der Waals surface area contributed by atoms with Gasteiger partial charge in [0, 0.05) is 25.7 Å². The first-order valence-corrected chi connectivity index (χ1v) is 12.7. The number of hydrogen-bond donors (Lipinski definition) is 2. The first kappa shape index (κ1) is 20.0. The second-order valence-electron chi connectivity index (χ2n) is 9.37. The predicted octanol–water partition coefficient (Wildman–Crippen LogP) is 6.93. The lowest BCUT2D eigenvalue weighted by atomic mass is 9.84. The summed E-state index contributed by atoms with van der Waals surface area (Å²) in [5.41, 5.74) is 14.6. The molecule has 0 saturated heterocycles. The molecule has 34 heavy (non-hydrogen) atoms. The van der Waals surface area contributed by atoms with Crippen molar-refractivity contribution in [2.75, 3.05) is 7.05 Å². The van der Waals surface area contributed by atoms with Crippen molar-refractivity contribution in [2.24, 2.45) is 10.7 Å². The van der Waals surface area contributed by atoms with Crippen LogP contribution in [-0.4, -0.2) is 12.9 Å². The van der Waals surface area contributed by atoms with E-state index in [1.807, 2.05) is 7.05 Å². The average Bonchev–Trinajstić information content (AvgIpc) is 3.61. The average molecular weight is 460 g/mol. The summed E-state index contributed by atoms with van der Waals surface area (Å²) in [4.78, 5) is 4.98. The van der Waals surface area contributed by atoms with Crippen LogP contribution in [0.1, 0.15) is 46.7 Å². The summed E-state index contributed by atoms with van der Waals surface area (Å²) < 4.78 is 2.47. The maximum atomic E-state index is 6.65. The summed E-state index contributed by atoms with van der Waals surface area (Å²) in [7, 11) is 1.95. The fourth-order valence-corrected chi connectivity index (χ4v) is 6.94. The Morgan fingerprint density at radius 2 is 1.65 bits per heavy atom.